The minimum atomic E-state index is -0.573. The fourth-order valence-electron chi connectivity index (χ4n) is 2.84. The van der Waals surface area contributed by atoms with Crippen LogP contribution >= 0.6 is 0 Å². The van der Waals surface area contributed by atoms with Crippen LogP contribution in [0.4, 0.5) is 0 Å². The van der Waals surface area contributed by atoms with Gasteiger partial charge in [0.2, 0.25) is 5.91 Å². The van der Waals surface area contributed by atoms with Gasteiger partial charge in [0.05, 0.1) is 20.6 Å². The van der Waals surface area contributed by atoms with E-state index < -0.39 is 12.0 Å². The second-order valence-electron chi connectivity index (χ2n) is 6.25. The Balaban J connectivity index is 2.25. The first-order valence-electron chi connectivity index (χ1n) is 8.48. The minimum absolute atomic E-state index is 0.00819. The summed E-state index contributed by atoms with van der Waals surface area (Å²) >= 11 is 0. The van der Waals surface area contributed by atoms with E-state index in [1.165, 1.54) is 7.11 Å². The highest BCUT2D eigenvalue weighted by Crippen LogP contribution is 2.33. The van der Waals surface area contributed by atoms with Crippen LogP contribution in [0.3, 0.4) is 0 Å². The fourth-order valence-corrected chi connectivity index (χ4v) is 2.84. The molecule has 1 N–H and O–H groups in total. The maximum Gasteiger partial charge on any atom is 0.307 e. The van der Waals surface area contributed by atoms with Gasteiger partial charge in [-0.05, 0) is 18.6 Å². The second kappa shape index (κ2) is 9.24. The van der Waals surface area contributed by atoms with E-state index in [1.807, 2.05) is 30.0 Å². The van der Waals surface area contributed by atoms with Crippen molar-refractivity contribution < 1.29 is 23.8 Å². The Hall–Kier alpha value is -2.54. The average molecular weight is 362 g/mol. The third kappa shape index (κ3) is 4.98. The number of hydrogen-bond donors (Lipinski definition) is 1. The van der Waals surface area contributed by atoms with Gasteiger partial charge >= 0.3 is 5.97 Å². The first-order chi connectivity index (χ1) is 12.5. The van der Waals surface area contributed by atoms with Crippen molar-refractivity contribution in [1.29, 1.82) is 0 Å². The van der Waals surface area contributed by atoms with Gasteiger partial charge in [0.25, 0.3) is 0 Å². The third-order valence-electron chi connectivity index (χ3n) is 4.15. The molecule has 1 fully saturated rings. The topological polar surface area (TPSA) is 77.1 Å². The monoisotopic (exact) mass is 362 g/mol. The number of piperazine rings is 1. The number of amides is 1. The third-order valence-corrected chi connectivity index (χ3v) is 4.15. The van der Waals surface area contributed by atoms with Gasteiger partial charge < -0.3 is 19.5 Å². The van der Waals surface area contributed by atoms with Crippen molar-refractivity contribution in [1.82, 2.24) is 10.2 Å². The number of carbonyl (C=O) groups is 2. The van der Waals surface area contributed by atoms with Crippen molar-refractivity contribution in [2.24, 2.45) is 0 Å². The molecule has 1 aromatic carbocycles. The van der Waals surface area contributed by atoms with Gasteiger partial charge in [0.15, 0.2) is 11.5 Å². The maximum absolute atomic E-state index is 12.2. The van der Waals surface area contributed by atoms with Gasteiger partial charge in [-0.2, -0.15) is 0 Å². The predicted molar refractivity (Wildman–Crippen MR) is 97.1 cm³/mol. The van der Waals surface area contributed by atoms with Crippen LogP contribution in [0.15, 0.2) is 30.4 Å². The molecule has 1 heterocycles. The Morgan fingerprint density at radius 2 is 2.15 bits per heavy atom. The molecule has 0 spiro atoms. The number of nitrogens with zero attached hydrogens (tertiary/aromatic N) is 1. The van der Waals surface area contributed by atoms with E-state index >= 15 is 0 Å². The zero-order chi connectivity index (χ0) is 19.1. The van der Waals surface area contributed by atoms with E-state index in [2.05, 4.69) is 11.9 Å². The molecule has 0 bridgehead atoms. The molecule has 1 atom stereocenters. The minimum Gasteiger partial charge on any atom is -0.493 e. The summed E-state index contributed by atoms with van der Waals surface area (Å²) in [6.45, 7) is 7.73. The lowest BCUT2D eigenvalue weighted by molar-refractivity contribution is -0.146. The summed E-state index contributed by atoms with van der Waals surface area (Å²) in [5.41, 5.74) is 1.78. The highest BCUT2D eigenvalue weighted by molar-refractivity contribution is 5.87. The molecule has 142 valence electrons. The lowest BCUT2D eigenvalue weighted by Crippen LogP contribution is -2.55. The van der Waals surface area contributed by atoms with Crippen LogP contribution in [-0.4, -0.2) is 56.7 Å². The van der Waals surface area contributed by atoms with Crippen LogP contribution in [0.25, 0.3) is 0 Å². The number of nitrogens with one attached hydrogen (secondary N) is 1. The van der Waals surface area contributed by atoms with Gasteiger partial charge in [-0.25, -0.2) is 0 Å². The fraction of sp³-hybridized carbons (Fsp3) is 0.474. The summed E-state index contributed by atoms with van der Waals surface area (Å²) in [6, 6.07) is 5.06. The number of methoxy groups -OCH3 is 2. The van der Waals surface area contributed by atoms with E-state index in [-0.39, 0.29) is 12.3 Å². The van der Waals surface area contributed by atoms with E-state index in [1.54, 1.807) is 7.11 Å². The molecule has 1 aromatic rings. The first-order valence-corrected chi connectivity index (χ1v) is 8.48. The molecular formula is C19H26N2O5. The highest BCUT2D eigenvalue weighted by atomic mass is 16.5. The van der Waals surface area contributed by atoms with E-state index in [0.29, 0.717) is 37.7 Å². The van der Waals surface area contributed by atoms with Gasteiger partial charge in [0.1, 0.15) is 12.6 Å². The summed E-state index contributed by atoms with van der Waals surface area (Å²) in [4.78, 5) is 25.9. The summed E-state index contributed by atoms with van der Waals surface area (Å²) < 4.78 is 16.0. The van der Waals surface area contributed by atoms with Gasteiger partial charge in [-0.15, -0.1) is 0 Å². The van der Waals surface area contributed by atoms with E-state index in [0.717, 1.165) is 11.1 Å². The van der Waals surface area contributed by atoms with Crippen molar-refractivity contribution in [3.05, 3.63) is 35.9 Å². The van der Waals surface area contributed by atoms with Crippen LogP contribution < -0.4 is 14.8 Å². The van der Waals surface area contributed by atoms with Crippen LogP contribution in [0, 0.1) is 0 Å². The maximum atomic E-state index is 12.2. The number of carbonyl (C=O) groups excluding carboxylic acids is 2. The molecule has 1 unspecified atom stereocenters. The number of benzene rings is 1. The van der Waals surface area contributed by atoms with E-state index in [9.17, 15) is 9.59 Å². The number of esters is 1. The highest BCUT2D eigenvalue weighted by Gasteiger charge is 2.32. The molecule has 7 heteroatoms. The Bertz CT molecular complexity index is 674. The molecule has 0 aliphatic carbocycles. The lowest BCUT2D eigenvalue weighted by Gasteiger charge is -2.34. The summed E-state index contributed by atoms with van der Waals surface area (Å²) in [5.74, 6) is 0.658. The van der Waals surface area contributed by atoms with Crippen molar-refractivity contribution in [3.8, 4) is 11.5 Å². The number of hydrogen-bond acceptors (Lipinski definition) is 6. The van der Waals surface area contributed by atoms with Crippen molar-refractivity contribution in [3.63, 3.8) is 0 Å². The number of rotatable bonds is 8. The molecule has 1 saturated heterocycles. The number of para-hydroxylation sites is 1. The summed E-state index contributed by atoms with van der Waals surface area (Å²) in [7, 11) is 2.90. The van der Waals surface area contributed by atoms with Crippen molar-refractivity contribution >= 4 is 11.9 Å². The van der Waals surface area contributed by atoms with Crippen molar-refractivity contribution in [2.75, 3.05) is 33.9 Å². The van der Waals surface area contributed by atoms with Gasteiger partial charge in [0, 0.05) is 25.2 Å². The van der Waals surface area contributed by atoms with Crippen LogP contribution in [-0.2, 0) is 20.9 Å². The van der Waals surface area contributed by atoms with E-state index in [4.69, 9.17) is 14.2 Å². The molecular weight excluding hydrogens is 336 g/mol. The van der Waals surface area contributed by atoms with Gasteiger partial charge in [-0.1, -0.05) is 18.7 Å². The Morgan fingerprint density at radius 1 is 1.38 bits per heavy atom. The lowest BCUT2D eigenvalue weighted by atomic mass is 10.1. The average Bonchev–Trinajstić information content (AvgIpc) is 2.62. The van der Waals surface area contributed by atoms with Gasteiger partial charge in [-0.3, -0.25) is 14.5 Å². The largest absolute Gasteiger partial charge is 0.493 e. The van der Waals surface area contributed by atoms with Crippen LogP contribution in [0.2, 0.25) is 0 Å². The molecule has 1 aliphatic heterocycles. The molecule has 1 aliphatic rings. The normalized spacial score (nSPS) is 17.3. The second-order valence-corrected chi connectivity index (χ2v) is 6.25. The molecule has 0 saturated carbocycles. The SMILES string of the molecule is C=C(C)COc1c(CN2CCNC(=O)C2CC(=O)OC)cccc1OC. The zero-order valence-corrected chi connectivity index (χ0v) is 15.5. The van der Waals surface area contributed by atoms with Crippen LogP contribution in [0.1, 0.15) is 18.9 Å². The smallest absolute Gasteiger partial charge is 0.307 e. The standard InChI is InChI=1S/C19H26N2O5/c1-13(2)12-26-18-14(6-5-7-16(18)24-3)11-21-9-8-20-19(23)15(21)10-17(22)25-4/h5-7,15H,1,8-12H2,2-4H3,(H,20,23). The zero-order valence-electron chi connectivity index (χ0n) is 15.5. The molecule has 0 aromatic heterocycles. The molecule has 7 nitrogen and oxygen atoms in total. The van der Waals surface area contributed by atoms with Crippen molar-refractivity contribution in [2.45, 2.75) is 25.9 Å². The quantitative estimate of drug-likeness (QED) is 0.558. The predicted octanol–water partition coefficient (Wildman–Crippen LogP) is 1.51. The first kappa shape index (κ1) is 19.8. The van der Waals surface area contributed by atoms with Crippen LogP contribution in [0.5, 0.6) is 11.5 Å². The summed E-state index contributed by atoms with van der Waals surface area (Å²) in [6.07, 6.45) is 0.00819. The molecule has 1 amide bonds. The Kier molecular flexibility index (Phi) is 7.03. The molecule has 0 radical (unpaired) electrons. The number of ether oxygens (including phenoxy) is 3. The Labute approximate surface area is 153 Å². The molecule has 26 heavy (non-hydrogen) atoms. The Morgan fingerprint density at radius 3 is 2.81 bits per heavy atom. The molecule has 2 rings (SSSR count). The summed E-state index contributed by atoms with van der Waals surface area (Å²) in [5, 5.41) is 2.80.